The number of amides is 1. The number of hydrogen-bond donors (Lipinski definition) is 2. The molecule has 31 heavy (non-hydrogen) atoms. The molecular formula is C23H41F2N3O3. The number of nitrogens with zero attached hydrogens (tertiary/aromatic N) is 2. The number of unbranched alkanes of at least 4 members (excludes halogenated alkanes) is 1. The molecule has 0 atom stereocenters. The summed E-state index contributed by atoms with van der Waals surface area (Å²) in [4.78, 5) is 15.4. The standard InChI is InChI=1S/C12H14F2N2O.C10H23NO.CH4O/c1-3-4-16-6-9(17)15-12-8(16)5-7(2)10(13)11(12)14;1-6-7-8-11(5)9-12-10(2,3)4;1-2/h5H,3-4,6H2,1-2H3,(H,15,17);6-9H2,1-5H3;2H,1H3. The molecule has 0 unspecified atom stereocenters. The van der Waals surface area contributed by atoms with E-state index in [9.17, 15) is 13.6 Å². The fourth-order valence-electron chi connectivity index (χ4n) is 2.81. The molecule has 0 radical (unpaired) electrons. The Labute approximate surface area is 186 Å². The van der Waals surface area contributed by atoms with Gasteiger partial charge in [-0.3, -0.25) is 9.69 Å². The van der Waals surface area contributed by atoms with Crippen LogP contribution < -0.4 is 10.2 Å². The average Bonchev–Trinajstić information content (AvgIpc) is 2.71. The van der Waals surface area contributed by atoms with E-state index in [1.165, 1.54) is 19.8 Å². The number of aliphatic hydroxyl groups excluding tert-OH is 1. The second-order valence-electron chi connectivity index (χ2n) is 8.50. The Bertz CT molecular complexity index is 679. The summed E-state index contributed by atoms with van der Waals surface area (Å²) in [5, 5.41) is 9.39. The smallest absolute Gasteiger partial charge is 0.244 e. The van der Waals surface area contributed by atoms with Crippen LogP contribution in [0.15, 0.2) is 6.07 Å². The van der Waals surface area contributed by atoms with Crippen molar-refractivity contribution in [3.05, 3.63) is 23.3 Å². The summed E-state index contributed by atoms with van der Waals surface area (Å²) in [5.41, 5.74) is 0.750. The largest absolute Gasteiger partial charge is 0.400 e. The van der Waals surface area contributed by atoms with Crippen LogP contribution in [0.3, 0.4) is 0 Å². The Balaban J connectivity index is 0.000000570. The Hall–Kier alpha value is -1.77. The van der Waals surface area contributed by atoms with E-state index < -0.39 is 11.6 Å². The van der Waals surface area contributed by atoms with Crippen molar-refractivity contribution in [2.75, 3.05) is 50.7 Å². The highest BCUT2D eigenvalue weighted by molar-refractivity contribution is 6.01. The fraction of sp³-hybridized carbons (Fsp3) is 0.696. The molecular weight excluding hydrogens is 404 g/mol. The quantitative estimate of drug-likeness (QED) is 0.603. The molecule has 2 N–H and O–H groups in total. The van der Waals surface area contributed by atoms with Crippen molar-refractivity contribution in [1.82, 2.24) is 4.90 Å². The van der Waals surface area contributed by atoms with Crippen LogP contribution in [0, 0.1) is 18.6 Å². The molecule has 6 nitrogen and oxygen atoms in total. The number of nitrogens with one attached hydrogen (secondary N) is 1. The van der Waals surface area contributed by atoms with E-state index in [2.05, 4.69) is 45.0 Å². The van der Waals surface area contributed by atoms with Crippen molar-refractivity contribution in [3.63, 3.8) is 0 Å². The summed E-state index contributed by atoms with van der Waals surface area (Å²) >= 11 is 0. The van der Waals surface area contributed by atoms with Gasteiger partial charge in [-0.2, -0.15) is 0 Å². The zero-order valence-electron chi connectivity index (χ0n) is 20.4. The van der Waals surface area contributed by atoms with Crippen LogP contribution >= 0.6 is 0 Å². The van der Waals surface area contributed by atoms with Gasteiger partial charge in [0, 0.05) is 13.7 Å². The molecule has 1 aliphatic heterocycles. The first-order valence-electron chi connectivity index (χ1n) is 10.8. The number of carbonyl (C=O) groups is 1. The van der Waals surface area contributed by atoms with Gasteiger partial charge in [-0.15, -0.1) is 0 Å². The lowest BCUT2D eigenvalue weighted by atomic mass is 10.1. The molecule has 8 heteroatoms. The lowest BCUT2D eigenvalue weighted by molar-refractivity contribution is -0.115. The molecule has 0 bridgehead atoms. The first-order chi connectivity index (χ1) is 14.5. The number of ether oxygens (including phenoxy) is 1. The molecule has 2 rings (SSSR count). The van der Waals surface area contributed by atoms with Crippen LogP contribution in [-0.2, 0) is 9.53 Å². The molecule has 0 saturated carbocycles. The Morgan fingerprint density at radius 2 is 1.81 bits per heavy atom. The Kier molecular flexibility index (Phi) is 13.5. The Morgan fingerprint density at radius 3 is 2.32 bits per heavy atom. The zero-order valence-corrected chi connectivity index (χ0v) is 20.4. The van der Waals surface area contributed by atoms with Gasteiger partial charge in [0.1, 0.15) is 5.69 Å². The maximum absolute atomic E-state index is 13.7. The van der Waals surface area contributed by atoms with Crippen LogP contribution in [0.5, 0.6) is 0 Å². The average molecular weight is 446 g/mol. The number of carbonyl (C=O) groups excluding carboxylic acids is 1. The first-order valence-corrected chi connectivity index (χ1v) is 10.8. The molecule has 0 saturated heterocycles. The molecule has 0 spiro atoms. The van der Waals surface area contributed by atoms with Crippen LogP contribution in [0.2, 0.25) is 0 Å². The van der Waals surface area contributed by atoms with Crippen molar-refractivity contribution < 1.29 is 23.4 Å². The number of halogens is 2. The minimum absolute atomic E-state index is 0.0134. The lowest BCUT2D eigenvalue weighted by Crippen LogP contribution is -2.39. The maximum Gasteiger partial charge on any atom is 0.244 e. The van der Waals surface area contributed by atoms with Crippen LogP contribution in [0.4, 0.5) is 20.2 Å². The van der Waals surface area contributed by atoms with Crippen LogP contribution in [0.1, 0.15) is 59.4 Å². The maximum atomic E-state index is 13.7. The third-order valence-electron chi connectivity index (χ3n) is 4.41. The first kappa shape index (κ1) is 29.2. The predicted octanol–water partition coefficient (Wildman–Crippen LogP) is 4.54. The summed E-state index contributed by atoms with van der Waals surface area (Å²) in [6, 6.07) is 1.57. The lowest BCUT2D eigenvalue weighted by Gasteiger charge is -2.31. The Morgan fingerprint density at radius 1 is 1.19 bits per heavy atom. The molecule has 1 aromatic carbocycles. The van der Waals surface area contributed by atoms with Crippen LogP contribution in [-0.4, -0.2) is 62.0 Å². The van der Waals surface area contributed by atoms with E-state index in [1.807, 2.05) is 6.92 Å². The van der Waals surface area contributed by atoms with Gasteiger partial charge in [-0.05, 0) is 65.8 Å². The number of anilines is 2. The fourth-order valence-corrected chi connectivity index (χ4v) is 2.81. The second kappa shape index (κ2) is 14.3. The van der Waals surface area contributed by atoms with Gasteiger partial charge in [0.2, 0.25) is 5.91 Å². The van der Waals surface area contributed by atoms with Crippen molar-refractivity contribution in [1.29, 1.82) is 0 Å². The summed E-state index contributed by atoms with van der Waals surface area (Å²) < 4.78 is 32.7. The topological polar surface area (TPSA) is 65.0 Å². The number of hydrogen-bond acceptors (Lipinski definition) is 5. The number of aryl methyl sites for hydroxylation is 1. The van der Waals surface area contributed by atoms with Gasteiger partial charge in [0.05, 0.1) is 24.6 Å². The van der Waals surface area contributed by atoms with Gasteiger partial charge >= 0.3 is 0 Å². The van der Waals surface area contributed by atoms with Crippen LogP contribution in [0.25, 0.3) is 0 Å². The van der Waals surface area contributed by atoms with Crippen molar-refractivity contribution in [2.45, 2.75) is 66.4 Å². The van der Waals surface area contributed by atoms with Gasteiger partial charge < -0.3 is 20.1 Å². The highest BCUT2D eigenvalue weighted by Gasteiger charge is 2.27. The summed E-state index contributed by atoms with van der Waals surface area (Å²) in [6.07, 6.45) is 3.34. The summed E-state index contributed by atoms with van der Waals surface area (Å²) in [5.74, 6) is -2.19. The minimum atomic E-state index is -0.978. The van der Waals surface area contributed by atoms with Gasteiger partial charge in [-0.25, -0.2) is 8.78 Å². The van der Waals surface area contributed by atoms with Gasteiger partial charge in [-0.1, -0.05) is 20.3 Å². The molecule has 1 aliphatic rings. The molecule has 0 aliphatic carbocycles. The van der Waals surface area contributed by atoms with E-state index in [4.69, 9.17) is 9.84 Å². The highest BCUT2D eigenvalue weighted by atomic mass is 19.2. The van der Waals surface area contributed by atoms with E-state index in [0.717, 1.165) is 26.8 Å². The molecule has 0 aromatic heterocycles. The third-order valence-corrected chi connectivity index (χ3v) is 4.41. The van der Waals surface area contributed by atoms with E-state index in [-0.39, 0.29) is 29.3 Å². The third kappa shape index (κ3) is 10.4. The molecule has 1 amide bonds. The number of aliphatic hydroxyl groups is 1. The van der Waals surface area contributed by atoms with Gasteiger partial charge in [0.25, 0.3) is 0 Å². The highest BCUT2D eigenvalue weighted by Crippen LogP contribution is 2.35. The van der Waals surface area contributed by atoms with E-state index in [0.29, 0.717) is 12.2 Å². The van der Waals surface area contributed by atoms with Crippen molar-refractivity contribution in [2.24, 2.45) is 0 Å². The van der Waals surface area contributed by atoms with E-state index >= 15 is 0 Å². The summed E-state index contributed by atoms with van der Waals surface area (Å²) in [6.45, 7) is 14.6. The molecule has 1 heterocycles. The number of rotatable bonds is 7. The SMILES string of the molecule is CCCCN(C)COC(C)(C)C.CCCN1CC(=O)Nc2c1cc(C)c(F)c2F.CO. The molecule has 0 fully saturated rings. The van der Waals surface area contributed by atoms with E-state index in [1.54, 1.807) is 11.0 Å². The van der Waals surface area contributed by atoms with Gasteiger partial charge in [0.15, 0.2) is 11.6 Å². The molecule has 180 valence electrons. The number of fused-ring (bicyclic) bond motifs is 1. The van der Waals surface area contributed by atoms with Crippen molar-refractivity contribution in [3.8, 4) is 0 Å². The molecule has 1 aromatic rings. The monoisotopic (exact) mass is 445 g/mol. The summed E-state index contributed by atoms with van der Waals surface area (Å²) in [7, 11) is 3.10. The normalized spacial score (nSPS) is 13.0. The second-order valence-corrected chi connectivity index (χ2v) is 8.50. The minimum Gasteiger partial charge on any atom is -0.400 e. The predicted molar refractivity (Wildman–Crippen MR) is 124 cm³/mol. The number of benzene rings is 1. The zero-order chi connectivity index (χ0) is 24.2. The van der Waals surface area contributed by atoms with Crippen molar-refractivity contribution >= 4 is 17.3 Å².